The number of carbonyl (C=O) groups is 1. The van der Waals surface area contributed by atoms with Crippen molar-refractivity contribution in [3.05, 3.63) is 0 Å². The minimum atomic E-state index is -1.02. The molecule has 0 aliphatic carbocycles. The summed E-state index contributed by atoms with van der Waals surface area (Å²) in [4.78, 5) is 14.5. The zero-order chi connectivity index (χ0) is 7.56. The normalized spacial score (nSPS) is 29.1. The minimum Gasteiger partial charge on any atom is -0.479 e. The Balaban J connectivity index is 2.08. The first-order valence-corrected chi connectivity index (χ1v) is 2.75. The van der Waals surface area contributed by atoms with Gasteiger partial charge >= 0.3 is 5.97 Å². The van der Waals surface area contributed by atoms with Gasteiger partial charge in [-0.05, 0) is 0 Å². The van der Waals surface area contributed by atoms with Crippen molar-refractivity contribution < 1.29 is 14.7 Å². The molecule has 1 heterocycles. The lowest BCUT2D eigenvalue weighted by Gasteiger charge is -1.96. The van der Waals surface area contributed by atoms with E-state index in [4.69, 9.17) is 10.4 Å². The van der Waals surface area contributed by atoms with Gasteiger partial charge in [-0.3, -0.25) is 4.84 Å². The summed E-state index contributed by atoms with van der Waals surface area (Å²) >= 11 is 0. The van der Waals surface area contributed by atoms with Gasteiger partial charge in [0, 0.05) is 0 Å². The van der Waals surface area contributed by atoms with Crippen LogP contribution in [0.25, 0.3) is 0 Å². The molecule has 1 aliphatic rings. The van der Waals surface area contributed by atoms with Crippen LogP contribution in [0.4, 0.5) is 0 Å². The molecule has 1 N–H and O–H groups in total. The quantitative estimate of drug-likeness (QED) is 0.523. The van der Waals surface area contributed by atoms with Crippen molar-refractivity contribution in [1.29, 1.82) is 5.26 Å². The lowest BCUT2D eigenvalue weighted by molar-refractivity contribution is -0.154. The van der Waals surface area contributed by atoms with E-state index in [2.05, 4.69) is 4.84 Å². The highest BCUT2D eigenvalue weighted by atomic mass is 16.7. The highest BCUT2D eigenvalue weighted by molar-refractivity contribution is 5.67. The Bertz CT molecular complexity index is 186. The molecular formula is C5H6N2O3. The molecule has 0 spiro atoms. The van der Waals surface area contributed by atoms with E-state index in [1.165, 1.54) is 5.06 Å². The predicted octanol–water partition coefficient (Wildman–Crippen LogP) is -0.790. The van der Waals surface area contributed by atoms with E-state index >= 15 is 0 Å². The van der Waals surface area contributed by atoms with E-state index in [1.54, 1.807) is 0 Å². The molecule has 0 radical (unpaired) electrons. The molecular weight excluding hydrogens is 136 g/mol. The second kappa shape index (κ2) is 2.64. The van der Waals surface area contributed by atoms with Crippen molar-refractivity contribution in [1.82, 2.24) is 5.06 Å². The summed E-state index contributed by atoms with van der Waals surface area (Å²) in [7, 11) is 0. The maximum atomic E-state index is 9.89. The fourth-order valence-electron chi connectivity index (χ4n) is 0.509. The van der Waals surface area contributed by atoms with Gasteiger partial charge < -0.3 is 5.11 Å². The van der Waals surface area contributed by atoms with E-state index < -0.39 is 5.97 Å². The van der Waals surface area contributed by atoms with E-state index in [0.717, 1.165) is 0 Å². The van der Waals surface area contributed by atoms with Crippen LogP contribution < -0.4 is 0 Å². The Hall–Kier alpha value is -1.12. The first-order chi connectivity index (χ1) is 4.74. The number of hydrogen-bond donors (Lipinski definition) is 1. The number of hydroxylamine groups is 2. The molecule has 1 rings (SSSR count). The van der Waals surface area contributed by atoms with Crippen LogP contribution in [0.15, 0.2) is 0 Å². The number of nitrogens with zero attached hydrogens (tertiary/aromatic N) is 2. The molecule has 5 nitrogen and oxygen atoms in total. The third kappa shape index (κ3) is 1.69. The molecule has 1 saturated heterocycles. The molecule has 10 heavy (non-hydrogen) atoms. The van der Waals surface area contributed by atoms with Crippen LogP contribution in [-0.4, -0.2) is 35.3 Å². The van der Waals surface area contributed by atoms with Gasteiger partial charge in [0.1, 0.15) is 6.04 Å². The van der Waals surface area contributed by atoms with Crippen LogP contribution in [0.1, 0.15) is 0 Å². The Kier molecular flexibility index (Phi) is 1.85. The van der Waals surface area contributed by atoms with Gasteiger partial charge in [0.25, 0.3) is 0 Å². The third-order valence-corrected chi connectivity index (χ3v) is 1.07. The molecule has 0 bridgehead atoms. The molecule has 1 fully saturated rings. The van der Waals surface area contributed by atoms with E-state index in [9.17, 15) is 4.79 Å². The topological polar surface area (TPSA) is 73.3 Å². The summed E-state index contributed by atoms with van der Waals surface area (Å²) in [6.45, 7) is 0.155. The Morgan fingerprint density at radius 1 is 2.00 bits per heavy atom. The Morgan fingerprint density at radius 2 is 2.70 bits per heavy atom. The smallest absolute Gasteiger partial charge is 0.331 e. The average molecular weight is 142 g/mol. The van der Waals surface area contributed by atoms with Crippen LogP contribution in [0.5, 0.6) is 0 Å². The molecule has 5 heteroatoms. The van der Waals surface area contributed by atoms with Gasteiger partial charge in [-0.25, -0.2) is 4.79 Å². The number of aliphatic carboxylic acids is 1. The zero-order valence-electron chi connectivity index (χ0n) is 5.15. The second-order valence-electron chi connectivity index (χ2n) is 1.91. The highest BCUT2D eigenvalue weighted by Crippen LogP contribution is 2.15. The summed E-state index contributed by atoms with van der Waals surface area (Å²) in [6.07, 6.45) is 0. The van der Waals surface area contributed by atoms with Crippen LogP contribution in [0.3, 0.4) is 0 Å². The van der Waals surface area contributed by atoms with Crippen LogP contribution in [-0.2, 0) is 9.63 Å². The van der Waals surface area contributed by atoms with Gasteiger partial charge in [0.15, 0.2) is 6.61 Å². The van der Waals surface area contributed by atoms with Crippen molar-refractivity contribution in [3.63, 3.8) is 0 Å². The molecule has 54 valence electrons. The van der Waals surface area contributed by atoms with Gasteiger partial charge in [-0.2, -0.15) is 10.3 Å². The van der Waals surface area contributed by atoms with Gasteiger partial charge in [-0.1, -0.05) is 0 Å². The maximum Gasteiger partial charge on any atom is 0.331 e. The van der Waals surface area contributed by atoms with Gasteiger partial charge in [0.2, 0.25) is 0 Å². The number of rotatable bonds is 3. The largest absolute Gasteiger partial charge is 0.479 e. The average Bonchev–Trinajstić information content (AvgIpc) is 2.61. The summed E-state index contributed by atoms with van der Waals surface area (Å²) in [5.41, 5.74) is 0. The van der Waals surface area contributed by atoms with Gasteiger partial charge in [-0.15, -0.1) is 0 Å². The molecule has 0 aromatic carbocycles. The Labute approximate surface area is 57.4 Å². The summed E-state index contributed by atoms with van der Waals surface area (Å²) in [5.74, 6) is -1.02. The minimum absolute atomic E-state index is 0.237. The highest BCUT2D eigenvalue weighted by Gasteiger charge is 2.35. The lowest BCUT2D eigenvalue weighted by atomic mass is 10.6. The molecule has 0 saturated carbocycles. The van der Waals surface area contributed by atoms with E-state index in [-0.39, 0.29) is 12.6 Å². The number of nitriles is 1. The lowest BCUT2D eigenvalue weighted by Crippen LogP contribution is -2.11. The van der Waals surface area contributed by atoms with Gasteiger partial charge in [0.05, 0.1) is 12.6 Å². The molecule has 0 aromatic rings. The van der Waals surface area contributed by atoms with Crippen LogP contribution >= 0.6 is 0 Å². The predicted molar refractivity (Wildman–Crippen MR) is 29.7 cm³/mol. The monoisotopic (exact) mass is 142 g/mol. The molecule has 1 aliphatic heterocycles. The first-order valence-electron chi connectivity index (χ1n) is 2.75. The molecule has 2 unspecified atom stereocenters. The first kappa shape index (κ1) is 6.99. The van der Waals surface area contributed by atoms with E-state index in [1.807, 2.05) is 6.07 Å². The van der Waals surface area contributed by atoms with E-state index in [0.29, 0.717) is 6.54 Å². The molecule has 2 atom stereocenters. The summed E-state index contributed by atoms with van der Waals surface area (Å²) in [5, 5.41) is 17.7. The molecule has 0 amide bonds. The van der Waals surface area contributed by atoms with Crippen molar-refractivity contribution in [2.45, 2.75) is 6.04 Å². The number of hydrogen-bond acceptors (Lipinski definition) is 4. The van der Waals surface area contributed by atoms with Crippen molar-refractivity contribution in [2.24, 2.45) is 0 Å². The SMILES string of the molecule is N#CC1CN1OCC(=O)O. The maximum absolute atomic E-state index is 9.89. The van der Waals surface area contributed by atoms with Crippen molar-refractivity contribution >= 4 is 5.97 Å². The summed E-state index contributed by atoms with van der Waals surface area (Å²) < 4.78 is 0. The molecule has 0 aromatic heterocycles. The third-order valence-electron chi connectivity index (χ3n) is 1.07. The van der Waals surface area contributed by atoms with Crippen molar-refractivity contribution in [2.75, 3.05) is 13.2 Å². The van der Waals surface area contributed by atoms with Crippen LogP contribution in [0.2, 0.25) is 0 Å². The second-order valence-corrected chi connectivity index (χ2v) is 1.91. The summed E-state index contributed by atoms with van der Waals surface area (Å²) in [6, 6.07) is 1.68. The standard InChI is InChI=1S/C5H6N2O3/c6-1-4-2-7(4)10-3-5(8)9/h4H,2-3H2,(H,8,9). The Morgan fingerprint density at radius 3 is 3.10 bits per heavy atom. The van der Waals surface area contributed by atoms with Crippen LogP contribution in [0, 0.1) is 11.3 Å². The van der Waals surface area contributed by atoms with Crippen molar-refractivity contribution in [3.8, 4) is 6.07 Å². The fraction of sp³-hybridized carbons (Fsp3) is 0.600. The number of carboxylic acids is 1. The number of carboxylic acid groups (broad SMARTS) is 1. The fourth-order valence-corrected chi connectivity index (χ4v) is 0.509. The zero-order valence-corrected chi connectivity index (χ0v) is 5.15.